The van der Waals surface area contributed by atoms with E-state index >= 15 is 0 Å². The fourth-order valence-corrected chi connectivity index (χ4v) is 3.05. The second-order valence-electron chi connectivity index (χ2n) is 5.40. The van der Waals surface area contributed by atoms with Gasteiger partial charge in [0.25, 0.3) is 5.91 Å². The Balaban J connectivity index is 1.60. The van der Waals surface area contributed by atoms with Crippen LogP contribution in [0.5, 0.6) is 0 Å². The van der Waals surface area contributed by atoms with E-state index in [-0.39, 0.29) is 24.5 Å². The zero-order chi connectivity index (χ0) is 15.7. The fourth-order valence-electron chi connectivity index (χ4n) is 2.78. The van der Waals surface area contributed by atoms with Gasteiger partial charge < -0.3 is 9.64 Å². The summed E-state index contributed by atoms with van der Waals surface area (Å²) >= 11 is 3.36. The second kappa shape index (κ2) is 6.08. The van der Waals surface area contributed by atoms with E-state index < -0.39 is 6.09 Å². The highest BCUT2D eigenvalue weighted by molar-refractivity contribution is 9.10. The van der Waals surface area contributed by atoms with Crippen LogP contribution in [0.15, 0.2) is 28.7 Å². The molecule has 2 aliphatic heterocycles. The molecule has 1 aromatic carbocycles. The molecule has 22 heavy (non-hydrogen) atoms. The van der Waals surface area contributed by atoms with Gasteiger partial charge in [-0.15, -0.1) is 0 Å². The van der Waals surface area contributed by atoms with E-state index in [2.05, 4.69) is 15.9 Å². The van der Waals surface area contributed by atoms with Crippen LogP contribution in [0, 0.1) is 0 Å². The molecule has 2 heterocycles. The summed E-state index contributed by atoms with van der Waals surface area (Å²) in [6, 6.07) is 7.33. The molecule has 0 spiro atoms. The second-order valence-corrected chi connectivity index (χ2v) is 6.32. The number of cyclic esters (lactones) is 1. The summed E-state index contributed by atoms with van der Waals surface area (Å²) in [5, 5.41) is 0. The van der Waals surface area contributed by atoms with Crippen LogP contribution < -0.4 is 0 Å². The molecule has 0 radical (unpaired) electrons. The third-order valence-corrected chi connectivity index (χ3v) is 4.46. The van der Waals surface area contributed by atoms with Crippen molar-refractivity contribution < 1.29 is 19.1 Å². The minimum Gasteiger partial charge on any atom is -0.439 e. The molecular formula is C15H15BrN2O4. The molecule has 0 saturated carbocycles. The number of halogens is 1. The summed E-state index contributed by atoms with van der Waals surface area (Å²) in [6.45, 7) is 0.745. The molecule has 3 amide bonds. The maximum atomic E-state index is 12.3. The van der Waals surface area contributed by atoms with Gasteiger partial charge in [0.1, 0.15) is 0 Å². The molecule has 6 nitrogen and oxygen atoms in total. The summed E-state index contributed by atoms with van der Waals surface area (Å²) in [7, 11) is 0. The summed E-state index contributed by atoms with van der Waals surface area (Å²) in [4.78, 5) is 38.4. The normalized spacial score (nSPS) is 21.4. The lowest BCUT2D eigenvalue weighted by molar-refractivity contribution is -0.131. The van der Waals surface area contributed by atoms with Crippen LogP contribution in [-0.4, -0.2) is 53.4 Å². The van der Waals surface area contributed by atoms with Crippen molar-refractivity contribution in [2.24, 2.45) is 0 Å². The van der Waals surface area contributed by atoms with Crippen LogP contribution >= 0.6 is 15.9 Å². The van der Waals surface area contributed by atoms with Gasteiger partial charge in [-0.1, -0.05) is 28.1 Å². The first kappa shape index (κ1) is 15.0. The highest BCUT2D eigenvalue weighted by Crippen LogP contribution is 2.21. The monoisotopic (exact) mass is 366 g/mol. The van der Waals surface area contributed by atoms with Gasteiger partial charge in [-0.05, 0) is 24.1 Å². The molecule has 2 saturated heterocycles. The molecule has 0 aromatic heterocycles. The Morgan fingerprint density at radius 1 is 1.27 bits per heavy atom. The van der Waals surface area contributed by atoms with Crippen molar-refractivity contribution in [1.82, 2.24) is 9.80 Å². The van der Waals surface area contributed by atoms with E-state index in [0.29, 0.717) is 25.9 Å². The van der Waals surface area contributed by atoms with Crippen LogP contribution in [0.25, 0.3) is 0 Å². The smallest absolute Gasteiger partial charge is 0.417 e. The van der Waals surface area contributed by atoms with Crippen LogP contribution in [0.2, 0.25) is 0 Å². The number of imide groups is 1. The number of rotatable bonds is 3. The van der Waals surface area contributed by atoms with Crippen molar-refractivity contribution in [3.05, 3.63) is 34.3 Å². The summed E-state index contributed by atoms with van der Waals surface area (Å²) in [6.07, 6.45) is 0.322. The maximum absolute atomic E-state index is 12.3. The Morgan fingerprint density at radius 2 is 2.00 bits per heavy atom. The highest BCUT2D eigenvalue weighted by Gasteiger charge is 2.41. The predicted molar refractivity (Wildman–Crippen MR) is 81.0 cm³/mol. The molecule has 0 unspecified atom stereocenters. The summed E-state index contributed by atoms with van der Waals surface area (Å²) in [5.41, 5.74) is 0.938. The number of nitrogens with zero attached hydrogens (tertiary/aromatic N) is 2. The van der Waals surface area contributed by atoms with E-state index in [1.807, 2.05) is 24.3 Å². The lowest BCUT2D eigenvalue weighted by Gasteiger charge is -2.20. The van der Waals surface area contributed by atoms with Gasteiger partial charge in [0.2, 0.25) is 5.91 Å². The Morgan fingerprint density at radius 3 is 2.64 bits per heavy atom. The van der Waals surface area contributed by atoms with Crippen molar-refractivity contribution in [3.8, 4) is 0 Å². The molecule has 0 bridgehead atoms. The number of likely N-dealkylation sites (tertiary alicyclic amines) is 1. The van der Waals surface area contributed by atoms with Crippen LogP contribution in [0.3, 0.4) is 0 Å². The van der Waals surface area contributed by atoms with Crippen molar-refractivity contribution in [1.29, 1.82) is 0 Å². The number of hydrogen-bond acceptors (Lipinski definition) is 4. The zero-order valence-electron chi connectivity index (χ0n) is 11.8. The van der Waals surface area contributed by atoms with Crippen LogP contribution in [0.4, 0.5) is 4.79 Å². The number of benzene rings is 1. The largest absolute Gasteiger partial charge is 0.439 e. The standard InChI is InChI=1S/C15H15BrN2O4/c16-11-3-1-10(2-4-11)7-13(19)17-6-5-12(8-17)18-14(20)9-22-15(18)21/h1-4,12H,5-9H2/t12-/m1/s1. The molecule has 116 valence electrons. The average molecular weight is 367 g/mol. The van der Waals surface area contributed by atoms with E-state index in [0.717, 1.165) is 14.9 Å². The Labute approximate surface area is 136 Å². The summed E-state index contributed by atoms with van der Waals surface area (Å²) < 4.78 is 5.69. The Hall–Kier alpha value is -1.89. The topological polar surface area (TPSA) is 66.9 Å². The number of hydrogen-bond donors (Lipinski definition) is 0. The van der Waals surface area contributed by atoms with Gasteiger partial charge in [-0.3, -0.25) is 9.59 Å². The van der Waals surface area contributed by atoms with Gasteiger partial charge in [-0.2, -0.15) is 0 Å². The number of ether oxygens (including phenoxy) is 1. The molecule has 1 aromatic rings. The van der Waals surface area contributed by atoms with E-state index in [1.165, 1.54) is 0 Å². The first-order valence-corrected chi connectivity index (χ1v) is 7.85. The minimum atomic E-state index is -0.600. The molecule has 3 rings (SSSR count). The minimum absolute atomic E-state index is 0.00448. The maximum Gasteiger partial charge on any atom is 0.417 e. The first-order chi connectivity index (χ1) is 10.5. The van der Waals surface area contributed by atoms with Crippen molar-refractivity contribution >= 4 is 33.8 Å². The van der Waals surface area contributed by atoms with Gasteiger partial charge >= 0.3 is 6.09 Å². The molecule has 1 atom stereocenters. The third kappa shape index (κ3) is 2.99. The van der Waals surface area contributed by atoms with Crippen molar-refractivity contribution in [2.45, 2.75) is 18.9 Å². The predicted octanol–water partition coefficient (Wildman–Crippen LogP) is 1.57. The SMILES string of the molecule is O=C(Cc1ccc(Br)cc1)N1CC[C@@H](N2C(=O)COC2=O)C1. The number of carbonyl (C=O) groups excluding carboxylic acids is 3. The molecular weight excluding hydrogens is 352 g/mol. The quantitative estimate of drug-likeness (QED) is 0.814. The molecule has 0 aliphatic carbocycles. The summed E-state index contributed by atoms with van der Waals surface area (Å²) in [5.74, 6) is -0.318. The van der Waals surface area contributed by atoms with E-state index in [9.17, 15) is 14.4 Å². The molecule has 2 aliphatic rings. The van der Waals surface area contributed by atoms with Crippen molar-refractivity contribution in [2.75, 3.05) is 19.7 Å². The highest BCUT2D eigenvalue weighted by atomic mass is 79.9. The van der Waals surface area contributed by atoms with Gasteiger partial charge in [0.05, 0.1) is 12.5 Å². The third-order valence-electron chi connectivity index (χ3n) is 3.93. The van der Waals surface area contributed by atoms with Gasteiger partial charge in [0.15, 0.2) is 6.61 Å². The molecule has 2 fully saturated rings. The van der Waals surface area contributed by atoms with Crippen LogP contribution in [0.1, 0.15) is 12.0 Å². The lowest BCUT2D eigenvalue weighted by Crippen LogP contribution is -2.42. The van der Waals surface area contributed by atoms with Gasteiger partial charge in [0, 0.05) is 17.6 Å². The number of amides is 3. The van der Waals surface area contributed by atoms with Crippen LogP contribution in [-0.2, 0) is 20.7 Å². The van der Waals surface area contributed by atoms with Gasteiger partial charge in [-0.25, -0.2) is 9.69 Å². The van der Waals surface area contributed by atoms with E-state index in [1.54, 1.807) is 4.90 Å². The Bertz CT molecular complexity index is 600. The molecule has 7 heteroatoms. The number of carbonyl (C=O) groups is 3. The zero-order valence-corrected chi connectivity index (χ0v) is 13.4. The molecule has 0 N–H and O–H groups in total. The Kier molecular flexibility index (Phi) is 4.15. The lowest BCUT2D eigenvalue weighted by atomic mass is 10.1. The van der Waals surface area contributed by atoms with Crippen molar-refractivity contribution in [3.63, 3.8) is 0 Å². The first-order valence-electron chi connectivity index (χ1n) is 7.05. The average Bonchev–Trinajstić information content (AvgIpc) is 3.08. The fraction of sp³-hybridized carbons (Fsp3) is 0.400. The van der Waals surface area contributed by atoms with E-state index in [4.69, 9.17) is 4.74 Å².